The van der Waals surface area contributed by atoms with Gasteiger partial charge in [0.05, 0.1) is 23.7 Å². The van der Waals surface area contributed by atoms with Crippen LogP contribution in [0.3, 0.4) is 0 Å². The lowest BCUT2D eigenvalue weighted by Crippen LogP contribution is -2.54. The molecular weight excluding hydrogens is 300 g/mol. The van der Waals surface area contributed by atoms with E-state index in [-0.39, 0.29) is 47.3 Å². The van der Waals surface area contributed by atoms with Gasteiger partial charge in [0.2, 0.25) is 0 Å². The Morgan fingerprint density at radius 3 is 1.48 bits per heavy atom. The number of carbonyl (C=O) groups excluding carboxylic acids is 4. The average Bonchev–Trinajstić information content (AvgIpc) is 3.24. The van der Waals surface area contributed by atoms with Crippen molar-refractivity contribution < 1.29 is 28.7 Å². The highest BCUT2D eigenvalue weighted by molar-refractivity contribution is 5.99. The van der Waals surface area contributed by atoms with Gasteiger partial charge in [-0.1, -0.05) is 12.2 Å². The predicted molar refractivity (Wildman–Crippen MR) is 70.9 cm³/mol. The van der Waals surface area contributed by atoms with Gasteiger partial charge >= 0.3 is 23.9 Å². The van der Waals surface area contributed by atoms with Gasteiger partial charge in [-0.3, -0.25) is 19.2 Å². The second kappa shape index (κ2) is 3.57. The topological polar surface area (TPSA) is 86.7 Å². The molecule has 0 N–H and O–H groups in total. The van der Waals surface area contributed by atoms with Crippen molar-refractivity contribution in [2.45, 2.75) is 6.42 Å². The van der Waals surface area contributed by atoms with Gasteiger partial charge in [0, 0.05) is 0 Å². The van der Waals surface area contributed by atoms with E-state index in [0.717, 1.165) is 6.42 Å². The number of cyclic esters (lactones) is 4. The standard InChI is InChI=1S/C17H14O6/c18-14-10-4-1-2-5(11(10)15(19)22-14)9-7-3-6(8(4)9)12-13(7)17(21)23-16(12)20/h1-2,4-13H,3H2/t4-,5+,6?,7?,8?,9?,10-,11+,12+,13-. The minimum Gasteiger partial charge on any atom is -0.393 e. The van der Waals surface area contributed by atoms with Crippen molar-refractivity contribution in [2.75, 3.05) is 0 Å². The van der Waals surface area contributed by atoms with Crippen molar-refractivity contribution in [3.63, 3.8) is 0 Å². The first-order valence-electron chi connectivity index (χ1n) is 8.27. The van der Waals surface area contributed by atoms with Gasteiger partial charge in [0.25, 0.3) is 0 Å². The van der Waals surface area contributed by atoms with Crippen LogP contribution in [0, 0.1) is 59.2 Å². The summed E-state index contributed by atoms with van der Waals surface area (Å²) in [4.78, 5) is 48.4. The quantitative estimate of drug-likeness (QED) is 0.363. The van der Waals surface area contributed by atoms with Crippen LogP contribution in [-0.4, -0.2) is 23.9 Å². The highest BCUT2D eigenvalue weighted by Crippen LogP contribution is 2.70. The Morgan fingerprint density at radius 1 is 0.652 bits per heavy atom. The SMILES string of the molecule is O=C1OC(=O)[C@H]2[C@@H]1[C@H]1C=C[C@@H]2C2C1C1CC2[C@@H]2C(=O)OC(=O)[C@H]12. The van der Waals surface area contributed by atoms with Gasteiger partial charge in [-0.2, -0.15) is 0 Å². The van der Waals surface area contributed by atoms with Crippen LogP contribution in [0.5, 0.6) is 0 Å². The molecule has 7 rings (SSSR count). The maximum Gasteiger partial charge on any atom is 0.318 e. The third kappa shape index (κ3) is 1.16. The van der Waals surface area contributed by atoms with Crippen LogP contribution in [0.4, 0.5) is 0 Å². The first-order valence-corrected chi connectivity index (χ1v) is 8.27. The molecular formula is C17H14O6. The van der Waals surface area contributed by atoms with Crippen LogP contribution in [0.25, 0.3) is 0 Å². The van der Waals surface area contributed by atoms with Crippen molar-refractivity contribution in [1.82, 2.24) is 0 Å². The second-order valence-corrected chi connectivity index (χ2v) is 7.84. The average molecular weight is 314 g/mol. The van der Waals surface area contributed by atoms with Gasteiger partial charge in [-0.05, 0) is 41.9 Å². The van der Waals surface area contributed by atoms with Gasteiger partial charge in [-0.25, -0.2) is 0 Å². The van der Waals surface area contributed by atoms with E-state index in [4.69, 9.17) is 9.47 Å². The van der Waals surface area contributed by atoms with Crippen LogP contribution in [0.2, 0.25) is 0 Å². The molecule has 4 unspecified atom stereocenters. The molecule has 4 bridgehead atoms. The number of ether oxygens (including phenoxy) is 2. The summed E-state index contributed by atoms with van der Waals surface area (Å²) in [6.45, 7) is 0. The van der Waals surface area contributed by atoms with E-state index >= 15 is 0 Å². The lowest BCUT2D eigenvalue weighted by Gasteiger charge is -2.52. The lowest BCUT2D eigenvalue weighted by molar-refractivity contribution is -0.155. The first-order chi connectivity index (χ1) is 11.1. The van der Waals surface area contributed by atoms with Crippen molar-refractivity contribution >= 4 is 23.9 Å². The number of allylic oxidation sites excluding steroid dienone is 2. The molecule has 2 saturated heterocycles. The molecule has 5 fully saturated rings. The Bertz CT molecular complexity index is 679. The number of fused-ring (bicyclic) bond motifs is 5. The summed E-state index contributed by atoms with van der Waals surface area (Å²) in [5, 5.41) is 0. The van der Waals surface area contributed by atoms with Crippen LogP contribution in [0.1, 0.15) is 6.42 Å². The molecule has 2 heterocycles. The third-order valence-corrected chi connectivity index (χ3v) is 7.44. The summed E-state index contributed by atoms with van der Waals surface area (Å²) < 4.78 is 9.79. The lowest BCUT2D eigenvalue weighted by atomic mass is 9.48. The third-order valence-electron chi connectivity index (χ3n) is 7.44. The number of carbonyl (C=O) groups is 4. The Labute approximate surface area is 131 Å². The van der Waals surface area contributed by atoms with E-state index in [2.05, 4.69) is 0 Å². The Hall–Kier alpha value is -1.98. The fourth-order valence-electron chi connectivity index (χ4n) is 7.02. The molecule has 0 spiro atoms. The zero-order valence-corrected chi connectivity index (χ0v) is 12.1. The molecule has 118 valence electrons. The minimum absolute atomic E-state index is 0.0478. The summed E-state index contributed by atoms with van der Waals surface area (Å²) in [7, 11) is 0. The van der Waals surface area contributed by atoms with Crippen LogP contribution < -0.4 is 0 Å². The zero-order valence-electron chi connectivity index (χ0n) is 12.1. The Kier molecular flexibility index (Phi) is 1.93. The molecule has 0 amide bonds. The molecule has 5 aliphatic carbocycles. The molecule has 0 aromatic carbocycles. The van der Waals surface area contributed by atoms with Gasteiger partial charge in [0.1, 0.15) is 0 Å². The molecule has 6 nitrogen and oxygen atoms in total. The molecule has 6 heteroatoms. The summed E-state index contributed by atoms with van der Waals surface area (Å²) in [6, 6.07) is 0. The molecule has 23 heavy (non-hydrogen) atoms. The zero-order chi connectivity index (χ0) is 15.6. The number of rotatable bonds is 0. The highest BCUT2D eigenvalue weighted by atomic mass is 16.6. The Balaban J connectivity index is 1.49. The minimum atomic E-state index is -0.415. The van der Waals surface area contributed by atoms with Gasteiger partial charge in [0.15, 0.2) is 0 Å². The van der Waals surface area contributed by atoms with Crippen molar-refractivity contribution in [3.05, 3.63) is 12.2 Å². The van der Waals surface area contributed by atoms with Crippen molar-refractivity contribution in [1.29, 1.82) is 0 Å². The van der Waals surface area contributed by atoms with E-state index in [1.807, 2.05) is 12.2 Å². The van der Waals surface area contributed by atoms with E-state index < -0.39 is 35.7 Å². The second-order valence-electron chi connectivity index (χ2n) is 7.84. The van der Waals surface area contributed by atoms with Gasteiger partial charge < -0.3 is 9.47 Å². The number of hydrogen-bond acceptors (Lipinski definition) is 6. The smallest absolute Gasteiger partial charge is 0.318 e. The maximum atomic E-state index is 12.1. The molecule has 3 saturated carbocycles. The number of hydrogen-bond donors (Lipinski definition) is 0. The predicted octanol–water partition coefficient (Wildman–Crippen LogP) is 0.316. The van der Waals surface area contributed by atoms with Crippen LogP contribution in [-0.2, 0) is 28.7 Å². The maximum absolute atomic E-state index is 12.1. The van der Waals surface area contributed by atoms with E-state index in [1.165, 1.54) is 0 Å². The van der Waals surface area contributed by atoms with E-state index in [1.54, 1.807) is 0 Å². The fourth-order valence-corrected chi connectivity index (χ4v) is 7.02. The summed E-state index contributed by atoms with van der Waals surface area (Å²) in [5.41, 5.74) is 0. The highest BCUT2D eigenvalue weighted by Gasteiger charge is 2.74. The first kappa shape index (κ1) is 12.4. The van der Waals surface area contributed by atoms with Crippen molar-refractivity contribution in [3.8, 4) is 0 Å². The summed E-state index contributed by atoms with van der Waals surface area (Å²) in [6.07, 6.45) is 4.93. The molecule has 0 radical (unpaired) electrons. The molecule has 2 aliphatic heterocycles. The summed E-state index contributed by atoms with van der Waals surface area (Å²) in [5.74, 6) is -2.62. The monoisotopic (exact) mass is 314 g/mol. The molecule has 10 atom stereocenters. The molecule has 7 aliphatic rings. The normalized spacial score (nSPS) is 57.4. The largest absolute Gasteiger partial charge is 0.393 e. The molecule has 0 aromatic heterocycles. The molecule has 0 aromatic rings. The fraction of sp³-hybridized carbons (Fsp3) is 0.647. The van der Waals surface area contributed by atoms with Gasteiger partial charge in [-0.15, -0.1) is 0 Å². The number of esters is 4. The van der Waals surface area contributed by atoms with E-state index in [9.17, 15) is 19.2 Å². The van der Waals surface area contributed by atoms with Crippen LogP contribution >= 0.6 is 0 Å². The summed E-state index contributed by atoms with van der Waals surface area (Å²) >= 11 is 0. The van der Waals surface area contributed by atoms with E-state index in [0.29, 0.717) is 0 Å². The van der Waals surface area contributed by atoms with Crippen LogP contribution in [0.15, 0.2) is 12.2 Å². The Morgan fingerprint density at radius 2 is 1.04 bits per heavy atom. The van der Waals surface area contributed by atoms with Crippen molar-refractivity contribution in [2.24, 2.45) is 59.2 Å².